The van der Waals surface area contributed by atoms with Crippen LogP contribution in [0.2, 0.25) is 0 Å². The van der Waals surface area contributed by atoms with E-state index in [-0.39, 0.29) is 12.8 Å². The summed E-state index contributed by atoms with van der Waals surface area (Å²) in [6, 6.07) is 16.2. The lowest BCUT2D eigenvalue weighted by Gasteiger charge is -2.16. The second kappa shape index (κ2) is 15.9. The Morgan fingerprint density at radius 2 is 1.15 bits per heavy atom. The van der Waals surface area contributed by atoms with Crippen molar-refractivity contribution in [2.75, 3.05) is 0 Å². The van der Waals surface area contributed by atoms with Crippen LogP contribution in [0.25, 0.3) is 0 Å². The smallest absolute Gasteiger partial charge is 0.303 e. The van der Waals surface area contributed by atoms with Crippen LogP contribution in [-0.2, 0) is 22.4 Å². The fourth-order valence-electron chi connectivity index (χ4n) is 4.07. The highest BCUT2D eigenvalue weighted by Crippen LogP contribution is 2.30. The van der Waals surface area contributed by atoms with E-state index in [4.69, 9.17) is 14.9 Å². The molecule has 0 aromatic heterocycles. The highest BCUT2D eigenvalue weighted by molar-refractivity contribution is 5.66. The van der Waals surface area contributed by atoms with Gasteiger partial charge in [-0.1, -0.05) is 68.9 Å². The first kappa shape index (κ1) is 26.4. The first-order chi connectivity index (χ1) is 16.1. The molecule has 180 valence electrons. The van der Waals surface area contributed by atoms with Gasteiger partial charge < -0.3 is 14.9 Å². The van der Waals surface area contributed by atoms with Gasteiger partial charge in [0.1, 0.15) is 11.5 Å². The van der Waals surface area contributed by atoms with E-state index >= 15 is 0 Å². The zero-order valence-corrected chi connectivity index (χ0v) is 19.6. The van der Waals surface area contributed by atoms with Crippen LogP contribution in [0.1, 0.15) is 88.2 Å². The van der Waals surface area contributed by atoms with Gasteiger partial charge in [0.15, 0.2) is 0 Å². The fraction of sp³-hybridized carbons (Fsp3) is 0.500. The van der Waals surface area contributed by atoms with E-state index in [2.05, 4.69) is 12.1 Å². The van der Waals surface area contributed by atoms with E-state index in [0.29, 0.717) is 0 Å². The third-order valence-corrected chi connectivity index (χ3v) is 5.86. The van der Waals surface area contributed by atoms with E-state index in [1.807, 2.05) is 36.4 Å². The number of carboxylic acid groups (broad SMARTS) is 2. The number of ether oxygens (including phenoxy) is 1. The third kappa shape index (κ3) is 11.6. The average molecular weight is 455 g/mol. The highest BCUT2D eigenvalue weighted by atomic mass is 16.5. The number of aliphatic carboxylic acids is 2. The van der Waals surface area contributed by atoms with Crippen molar-refractivity contribution in [2.45, 2.75) is 89.9 Å². The molecule has 0 aliphatic carbocycles. The van der Waals surface area contributed by atoms with Crippen molar-refractivity contribution in [3.05, 3.63) is 59.7 Å². The summed E-state index contributed by atoms with van der Waals surface area (Å²) in [6.07, 6.45) is 12.4. The van der Waals surface area contributed by atoms with Gasteiger partial charge in [-0.15, -0.1) is 0 Å². The fourth-order valence-corrected chi connectivity index (χ4v) is 4.07. The van der Waals surface area contributed by atoms with E-state index in [9.17, 15) is 9.59 Å². The van der Waals surface area contributed by atoms with Gasteiger partial charge in [-0.3, -0.25) is 9.59 Å². The van der Waals surface area contributed by atoms with Gasteiger partial charge >= 0.3 is 11.9 Å². The Balaban J connectivity index is 1.90. The van der Waals surface area contributed by atoms with Gasteiger partial charge in [-0.25, -0.2) is 0 Å². The third-order valence-electron chi connectivity index (χ3n) is 5.86. The SMILES string of the molecule is O=C(O)CCCCCCCc1cccc(Oc2ccccc2)c1CCCCCCCC(=O)O. The van der Waals surface area contributed by atoms with Crippen molar-refractivity contribution in [3.8, 4) is 11.5 Å². The summed E-state index contributed by atoms with van der Waals surface area (Å²) in [5, 5.41) is 17.5. The zero-order valence-electron chi connectivity index (χ0n) is 19.6. The molecule has 0 spiro atoms. The number of benzene rings is 2. The predicted molar refractivity (Wildman–Crippen MR) is 131 cm³/mol. The van der Waals surface area contributed by atoms with E-state index < -0.39 is 11.9 Å². The molecule has 0 atom stereocenters. The first-order valence-corrected chi connectivity index (χ1v) is 12.3. The highest BCUT2D eigenvalue weighted by Gasteiger charge is 2.11. The van der Waals surface area contributed by atoms with Crippen molar-refractivity contribution in [3.63, 3.8) is 0 Å². The molecular formula is C28H38O5. The molecule has 2 rings (SSSR count). The Hall–Kier alpha value is -2.82. The Bertz CT molecular complexity index is 831. The summed E-state index contributed by atoms with van der Waals surface area (Å²) in [6.45, 7) is 0. The minimum absolute atomic E-state index is 0.258. The van der Waals surface area contributed by atoms with Gasteiger partial charge in [0.05, 0.1) is 0 Å². The van der Waals surface area contributed by atoms with Crippen molar-refractivity contribution < 1.29 is 24.5 Å². The minimum atomic E-state index is -0.714. The van der Waals surface area contributed by atoms with Crippen molar-refractivity contribution in [1.82, 2.24) is 0 Å². The molecule has 0 aliphatic rings. The number of rotatable bonds is 18. The molecule has 0 aliphatic heterocycles. The summed E-state index contributed by atoms with van der Waals surface area (Å²) in [7, 11) is 0. The molecule has 2 aromatic carbocycles. The maximum Gasteiger partial charge on any atom is 0.303 e. The molecule has 0 radical (unpaired) electrons. The molecule has 0 bridgehead atoms. The van der Waals surface area contributed by atoms with Gasteiger partial charge in [-0.05, 0) is 67.9 Å². The van der Waals surface area contributed by atoms with Crippen LogP contribution in [0.4, 0.5) is 0 Å². The Kier molecular flexibility index (Phi) is 12.7. The molecule has 2 aromatic rings. The number of para-hydroxylation sites is 1. The summed E-state index contributed by atoms with van der Waals surface area (Å²) in [4.78, 5) is 21.3. The molecule has 0 heterocycles. The lowest BCUT2D eigenvalue weighted by molar-refractivity contribution is -0.138. The minimum Gasteiger partial charge on any atom is -0.481 e. The summed E-state index contributed by atoms with van der Waals surface area (Å²) in [5.74, 6) is 0.333. The monoisotopic (exact) mass is 454 g/mol. The number of unbranched alkanes of at least 4 members (excludes halogenated alkanes) is 8. The molecule has 2 N–H and O–H groups in total. The molecule has 5 nitrogen and oxygen atoms in total. The molecular weight excluding hydrogens is 416 g/mol. The number of carboxylic acids is 2. The summed E-state index contributed by atoms with van der Waals surface area (Å²) in [5.41, 5.74) is 2.61. The van der Waals surface area contributed by atoms with E-state index in [1.54, 1.807) is 0 Å². The van der Waals surface area contributed by atoms with Crippen LogP contribution in [0, 0.1) is 0 Å². The largest absolute Gasteiger partial charge is 0.481 e. The molecule has 0 saturated heterocycles. The normalized spacial score (nSPS) is 10.8. The molecule has 0 unspecified atom stereocenters. The standard InChI is InChI=1S/C28H38O5/c29-27(30)21-12-5-1-3-8-15-23-16-14-20-26(33-24-17-9-7-10-18-24)25(23)19-11-4-2-6-13-22-28(31)32/h7,9-10,14,16-18,20H,1-6,8,11-13,15,19,21-22H2,(H,29,30)(H,31,32). The van der Waals surface area contributed by atoms with E-state index in [0.717, 1.165) is 88.5 Å². The molecule has 0 fully saturated rings. The maximum atomic E-state index is 10.6. The van der Waals surface area contributed by atoms with Crippen molar-refractivity contribution in [1.29, 1.82) is 0 Å². The summed E-state index contributed by atoms with van der Waals surface area (Å²) < 4.78 is 6.23. The van der Waals surface area contributed by atoms with Crippen LogP contribution in [-0.4, -0.2) is 22.2 Å². The Morgan fingerprint density at radius 1 is 0.606 bits per heavy atom. The average Bonchev–Trinajstić information content (AvgIpc) is 2.79. The van der Waals surface area contributed by atoms with Gasteiger partial charge in [0.2, 0.25) is 0 Å². The second-order valence-corrected chi connectivity index (χ2v) is 8.63. The number of hydrogen-bond acceptors (Lipinski definition) is 3. The lowest BCUT2D eigenvalue weighted by Crippen LogP contribution is -2.00. The van der Waals surface area contributed by atoms with Crippen LogP contribution < -0.4 is 4.74 Å². The van der Waals surface area contributed by atoms with Gasteiger partial charge in [-0.2, -0.15) is 0 Å². The van der Waals surface area contributed by atoms with Crippen molar-refractivity contribution in [2.24, 2.45) is 0 Å². The number of hydrogen-bond donors (Lipinski definition) is 2. The molecule has 0 saturated carbocycles. The molecule has 0 amide bonds. The maximum absolute atomic E-state index is 10.6. The zero-order chi connectivity index (χ0) is 23.7. The lowest BCUT2D eigenvalue weighted by atomic mass is 9.95. The predicted octanol–water partition coefficient (Wildman–Crippen LogP) is 7.41. The van der Waals surface area contributed by atoms with Crippen LogP contribution in [0.15, 0.2) is 48.5 Å². The van der Waals surface area contributed by atoms with Crippen LogP contribution in [0.5, 0.6) is 11.5 Å². The van der Waals surface area contributed by atoms with E-state index in [1.165, 1.54) is 11.1 Å². The number of aryl methyl sites for hydroxylation is 1. The van der Waals surface area contributed by atoms with Crippen molar-refractivity contribution >= 4 is 11.9 Å². The topological polar surface area (TPSA) is 83.8 Å². The van der Waals surface area contributed by atoms with Crippen LogP contribution in [0.3, 0.4) is 0 Å². The Morgan fingerprint density at radius 3 is 1.76 bits per heavy atom. The molecule has 5 heteroatoms. The first-order valence-electron chi connectivity index (χ1n) is 12.3. The summed E-state index contributed by atoms with van der Waals surface area (Å²) >= 11 is 0. The van der Waals surface area contributed by atoms with Gasteiger partial charge in [0.25, 0.3) is 0 Å². The second-order valence-electron chi connectivity index (χ2n) is 8.63. The quantitative estimate of drug-likeness (QED) is 0.229. The van der Waals surface area contributed by atoms with Gasteiger partial charge in [0, 0.05) is 12.8 Å². The number of carbonyl (C=O) groups is 2. The van der Waals surface area contributed by atoms with Crippen LogP contribution >= 0.6 is 0 Å². The Labute approximate surface area is 197 Å². The molecule has 33 heavy (non-hydrogen) atoms.